The number of nitrogens with zero attached hydrogens (tertiary/aromatic N) is 2. The van der Waals surface area contributed by atoms with Gasteiger partial charge in [-0.3, -0.25) is 4.99 Å². The molecule has 2 N–H and O–H groups in total. The molecule has 2 rings (SSSR count). The molecule has 1 aromatic rings. The number of aliphatic imine (C=N–C) groups is 1. The summed E-state index contributed by atoms with van der Waals surface area (Å²) < 4.78 is 0. The highest BCUT2D eigenvalue weighted by molar-refractivity contribution is 14.0. The molecule has 0 amide bonds. The van der Waals surface area contributed by atoms with Gasteiger partial charge in [0.15, 0.2) is 5.96 Å². The number of benzene rings is 1. The second-order valence-corrected chi connectivity index (χ2v) is 7.27. The fourth-order valence-corrected chi connectivity index (χ4v) is 3.64. The molecule has 0 spiro atoms. The van der Waals surface area contributed by atoms with Crippen LogP contribution in [0.1, 0.15) is 49.8 Å². The minimum absolute atomic E-state index is 0. The zero-order valence-electron chi connectivity index (χ0n) is 17.0. The van der Waals surface area contributed by atoms with Gasteiger partial charge in [-0.15, -0.1) is 24.0 Å². The van der Waals surface area contributed by atoms with E-state index in [0.29, 0.717) is 6.04 Å². The van der Waals surface area contributed by atoms with Gasteiger partial charge in [-0.1, -0.05) is 36.2 Å². The van der Waals surface area contributed by atoms with E-state index in [4.69, 9.17) is 4.99 Å². The van der Waals surface area contributed by atoms with E-state index in [0.717, 1.165) is 25.5 Å². The zero-order valence-corrected chi connectivity index (χ0v) is 19.3. The van der Waals surface area contributed by atoms with Crippen molar-refractivity contribution in [3.05, 3.63) is 34.9 Å². The number of nitrogens with one attached hydrogen (secondary N) is 2. The van der Waals surface area contributed by atoms with Gasteiger partial charge in [-0.2, -0.15) is 0 Å². The van der Waals surface area contributed by atoms with E-state index in [1.54, 1.807) is 0 Å². The Kier molecular flexibility index (Phi) is 11.2. The Morgan fingerprint density at radius 2 is 1.77 bits per heavy atom. The quantitative estimate of drug-likeness (QED) is 0.359. The van der Waals surface area contributed by atoms with Gasteiger partial charge in [0.1, 0.15) is 0 Å². The predicted octanol–water partition coefficient (Wildman–Crippen LogP) is 3.89. The van der Waals surface area contributed by atoms with Gasteiger partial charge in [-0.05, 0) is 58.6 Å². The molecular weight excluding hydrogens is 435 g/mol. The summed E-state index contributed by atoms with van der Waals surface area (Å²) in [6.07, 6.45) is 4.66. The first-order valence-electron chi connectivity index (χ1n) is 9.95. The summed E-state index contributed by atoms with van der Waals surface area (Å²) in [7, 11) is 0. The van der Waals surface area contributed by atoms with Gasteiger partial charge in [0.2, 0.25) is 0 Å². The third kappa shape index (κ3) is 8.25. The molecular formula is C21H37IN4. The van der Waals surface area contributed by atoms with Crippen molar-refractivity contribution >= 4 is 29.9 Å². The summed E-state index contributed by atoms with van der Waals surface area (Å²) in [6, 6.07) is 7.31. The molecule has 1 fully saturated rings. The van der Waals surface area contributed by atoms with E-state index in [1.165, 1.54) is 55.6 Å². The Bertz CT molecular complexity index is 531. The Morgan fingerprint density at radius 3 is 2.35 bits per heavy atom. The molecule has 1 aliphatic rings. The highest BCUT2D eigenvalue weighted by atomic mass is 127. The molecule has 4 nitrogen and oxygen atoms in total. The maximum absolute atomic E-state index is 4.80. The van der Waals surface area contributed by atoms with Crippen LogP contribution < -0.4 is 10.6 Å². The minimum atomic E-state index is 0. The smallest absolute Gasteiger partial charge is 0.191 e. The number of hydrogen-bond donors (Lipinski definition) is 2. The second-order valence-electron chi connectivity index (χ2n) is 7.27. The van der Waals surface area contributed by atoms with Crippen molar-refractivity contribution in [3.63, 3.8) is 0 Å². The molecule has 1 heterocycles. The highest BCUT2D eigenvalue weighted by Gasteiger charge is 2.19. The Morgan fingerprint density at radius 1 is 1.12 bits per heavy atom. The summed E-state index contributed by atoms with van der Waals surface area (Å²) >= 11 is 0. The molecule has 0 radical (unpaired) electrons. The van der Waals surface area contributed by atoms with Crippen LogP contribution in [-0.4, -0.2) is 49.6 Å². The van der Waals surface area contributed by atoms with Crippen molar-refractivity contribution in [2.75, 3.05) is 32.7 Å². The van der Waals surface area contributed by atoms with Gasteiger partial charge in [-0.25, -0.2) is 0 Å². The standard InChI is InChI=1S/C21H36N4.HI/c1-5-11-25-12-8-20(9-13-25)24-21(22-6-2)23-10-7-19-15-17(3)14-18(4)16-19;/h14-16,20H,5-13H2,1-4H3,(H2,22,23,24);1H. The molecule has 1 aromatic carbocycles. The average molecular weight is 472 g/mol. The number of rotatable bonds is 7. The Labute approximate surface area is 177 Å². The summed E-state index contributed by atoms with van der Waals surface area (Å²) in [5.41, 5.74) is 4.05. The van der Waals surface area contributed by atoms with Crippen LogP contribution in [0.2, 0.25) is 0 Å². The summed E-state index contributed by atoms with van der Waals surface area (Å²) in [5.74, 6) is 0.973. The van der Waals surface area contributed by atoms with Crippen molar-refractivity contribution in [2.24, 2.45) is 4.99 Å². The number of piperidine rings is 1. The van der Waals surface area contributed by atoms with E-state index >= 15 is 0 Å². The van der Waals surface area contributed by atoms with Crippen molar-refractivity contribution in [1.29, 1.82) is 0 Å². The van der Waals surface area contributed by atoms with Crippen LogP contribution in [0.5, 0.6) is 0 Å². The summed E-state index contributed by atoms with van der Waals surface area (Å²) in [5, 5.41) is 7.04. The minimum Gasteiger partial charge on any atom is -0.357 e. The molecule has 1 saturated heterocycles. The number of guanidine groups is 1. The fourth-order valence-electron chi connectivity index (χ4n) is 3.64. The summed E-state index contributed by atoms with van der Waals surface area (Å²) in [6.45, 7) is 14.1. The molecule has 1 aliphatic heterocycles. The monoisotopic (exact) mass is 472 g/mol. The average Bonchev–Trinajstić information content (AvgIpc) is 2.56. The first-order chi connectivity index (χ1) is 12.1. The third-order valence-electron chi connectivity index (χ3n) is 4.76. The van der Waals surface area contributed by atoms with Gasteiger partial charge in [0.25, 0.3) is 0 Å². The third-order valence-corrected chi connectivity index (χ3v) is 4.76. The Hall–Kier alpha value is -0.820. The number of likely N-dealkylation sites (tertiary alicyclic amines) is 1. The second kappa shape index (κ2) is 12.5. The van der Waals surface area contributed by atoms with Crippen LogP contribution in [0.25, 0.3) is 0 Å². The summed E-state index contributed by atoms with van der Waals surface area (Å²) in [4.78, 5) is 7.37. The number of halogens is 1. The molecule has 0 unspecified atom stereocenters. The van der Waals surface area contributed by atoms with Gasteiger partial charge >= 0.3 is 0 Å². The van der Waals surface area contributed by atoms with Crippen molar-refractivity contribution in [1.82, 2.24) is 15.5 Å². The molecule has 0 bridgehead atoms. The molecule has 0 aromatic heterocycles. The fraction of sp³-hybridized carbons (Fsp3) is 0.667. The Balaban J connectivity index is 0.00000338. The van der Waals surface area contributed by atoms with Crippen molar-refractivity contribution in [3.8, 4) is 0 Å². The van der Waals surface area contributed by atoms with E-state index in [9.17, 15) is 0 Å². The lowest BCUT2D eigenvalue weighted by atomic mass is 10.0. The number of hydrogen-bond acceptors (Lipinski definition) is 2. The van der Waals surface area contributed by atoms with Crippen LogP contribution in [0.4, 0.5) is 0 Å². The van der Waals surface area contributed by atoms with Gasteiger partial charge in [0.05, 0.1) is 0 Å². The molecule has 0 atom stereocenters. The van der Waals surface area contributed by atoms with Gasteiger partial charge in [0, 0.05) is 32.2 Å². The van der Waals surface area contributed by atoms with Gasteiger partial charge < -0.3 is 15.5 Å². The lowest BCUT2D eigenvalue weighted by molar-refractivity contribution is 0.206. The lowest BCUT2D eigenvalue weighted by Gasteiger charge is -2.32. The SMILES string of the molecule is CCCN1CCC(NC(=NCCc2cc(C)cc(C)c2)NCC)CC1.I. The van der Waals surface area contributed by atoms with E-state index in [1.807, 2.05) is 0 Å². The first kappa shape index (κ1) is 23.2. The molecule has 5 heteroatoms. The van der Waals surface area contributed by atoms with E-state index in [2.05, 4.69) is 61.4 Å². The zero-order chi connectivity index (χ0) is 18.1. The number of aryl methyl sites for hydroxylation is 2. The van der Waals surface area contributed by atoms with E-state index < -0.39 is 0 Å². The van der Waals surface area contributed by atoms with Crippen LogP contribution in [0, 0.1) is 13.8 Å². The van der Waals surface area contributed by atoms with Crippen LogP contribution in [0.15, 0.2) is 23.2 Å². The first-order valence-corrected chi connectivity index (χ1v) is 9.95. The molecule has 0 aliphatic carbocycles. The van der Waals surface area contributed by atoms with Crippen LogP contribution >= 0.6 is 24.0 Å². The van der Waals surface area contributed by atoms with Crippen molar-refractivity contribution in [2.45, 2.75) is 59.4 Å². The predicted molar refractivity (Wildman–Crippen MR) is 124 cm³/mol. The molecule has 0 saturated carbocycles. The maximum atomic E-state index is 4.80. The van der Waals surface area contributed by atoms with Crippen LogP contribution in [0.3, 0.4) is 0 Å². The van der Waals surface area contributed by atoms with Crippen LogP contribution in [-0.2, 0) is 6.42 Å². The topological polar surface area (TPSA) is 39.7 Å². The maximum Gasteiger partial charge on any atom is 0.191 e. The molecule has 148 valence electrons. The van der Waals surface area contributed by atoms with Crippen molar-refractivity contribution < 1.29 is 0 Å². The molecule has 26 heavy (non-hydrogen) atoms. The highest BCUT2D eigenvalue weighted by Crippen LogP contribution is 2.11. The lowest BCUT2D eigenvalue weighted by Crippen LogP contribution is -2.48. The normalized spacial score (nSPS) is 16.2. The van der Waals surface area contributed by atoms with E-state index in [-0.39, 0.29) is 24.0 Å². The largest absolute Gasteiger partial charge is 0.357 e.